The Labute approximate surface area is 197 Å². The Morgan fingerprint density at radius 2 is 2.03 bits per heavy atom. The van der Waals surface area contributed by atoms with Gasteiger partial charge in [-0.15, -0.1) is 0 Å². The third-order valence-corrected chi connectivity index (χ3v) is 6.93. The molecule has 0 unspecified atom stereocenters. The number of hydrogen-bond acceptors (Lipinski definition) is 7. The molecule has 8 nitrogen and oxygen atoms in total. The van der Waals surface area contributed by atoms with E-state index in [1.54, 1.807) is 25.4 Å². The number of carbonyl (C=O) groups excluding carboxylic acids is 1. The minimum Gasteiger partial charge on any atom is -0.481 e. The van der Waals surface area contributed by atoms with Gasteiger partial charge >= 0.3 is 0 Å². The Balaban J connectivity index is 1.33. The molecule has 5 rings (SSSR count). The molecule has 1 spiro atoms. The summed E-state index contributed by atoms with van der Waals surface area (Å²) in [5, 5.41) is 3.64. The third kappa shape index (κ3) is 3.95. The van der Waals surface area contributed by atoms with Gasteiger partial charge in [0.1, 0.15) is 11.6 Å². The average Bonchev–Trinajstić information content (AvgIpc) is 3.26. The summed E-state index contributed by atoms with van der Waals surface area (Å²) in [6, 6.07) is 5.41. The van der Waals surface area contributed by atoms with E-state index in [4.69, 9.17) is 9.72 Å². The first-order valence-corrected chi connectivity index (χ1v) is 11.4. The Morgan fingerprint density at radius 3 is 2.79 bits per heavy atom. The highest BCUT2D eigenvalue weighted by atomic mass is 19.1. The van der Waals surface area contributed by atoms with Crippen molar-refractivity contribution in [2.75, 3.05) is 25.5 Å². The summed E-state index contributed by atoms with van der Waals surface area (Å²) >= 11 is 0. The molecule has 0 aliphatic carbocycles. The van der Waals surface area contributed by atoms with Crippen LogP contribution >= 0.6 is 0 Å². The van der Waals surface area contributed by atoms with Crippen molar-refractivity contribution < 1.29 is 13.9 Å². The minimum absolute atomic E-state index is 0.0997. The van der Waals surface area contributed by atoms with Crippen LogP contribution in [0.25, 0.3) is 11.4 Å². The normalized spacial score (nSPS) is 20.1. The Hall–Kier alpha value is -3.62. The first-order valence-electron chi connectivity index (χ1n) is 11.4. The lowest BCUT2D eigenvalue weighted by Crippen LogP contribution is -2.46. The van der Waals surface area contributed by atoms with Crippen LogP contribution in [0.5, 0.6) is 5.88 Å². The van der Waals surface area contributed by atoms with Crippen molar-refractivity contribution in [1.82, 2.24) is 24.8 Å². The van der Waals surface area contributed by atoms with Crippen molar-refractivity contribution in [3.63, 3.8) is 0 Å². The lowest BCUT2D eigenvalue weighted by Gasteiger charge is -2.36. The standard InChI is InChI=1S/C25H27FN6O2/c1-15(18-12-21(34-3)29-13-20(18)26)24(33)32-10-7-25(14-32)6-5-17-11-19(16(2)30-22(17)31-25)23-27-8-4-9-28-23/h4,8-9,11-13,15H,5-7,10,14H2,1-3H3,(H,30,31)/t15-,25-/m1/s1. The van der Waals surface area contributed by atoms with Crippen LogP contribution in [0.2, 0.25) is 0 Å². The number of fused-ring (bicyclic) bond motifs is 1. The van der Waals surface area contributed by atoms with Crippen LogP contribution < -0.4 is 10.1 Å². The third-order valence-electron chi connectivity index (χ3n) is 6.93. The number of anilines is 1. The predicted octanol–water partition coefficient (Wildman–Crippen LogP) is 3.52. The molecule has 1 amide bonds. The molecule has 3 aromatic heterocycles. The van der Waals surface area contributed by atoms with Gasteiger partial charge in [0.25, 0.3) is 0 Å². The number of amides is 1. The average molecular weight is 463 g/mol. The number of methoxy groups -OCH3 is 1. The number of rotatable bonds is 4. The van der Waals surface area contributed by atoms with Gasteiger partial charge in [0.05, 0.1) is 30.5 Å². The van der Waals surface area contributed by atoms with E-state index in [1.807, 2.05) is 11.8 Å². The summed E-state index contributed by atoms with van der Waals surface area (Å²) in [5.41, 5.74) is 2.98. The van der Waals surface area contributed by atoms with E-state index in [-0.39, 0.29) is 11.4 Å². The molecule has 0 radical (unpaired) electrons. The number of pyridine rings is 2. The molecule has 1 fully saturated rings. The van der Waals surface area contributed by atoms with Crippen molar-refractivity contribution in [1.29, 1.82) is 0 Å². The van der Waals surface area contributed by atoms with Gasteiger partial charge in [0, 0.05) is 42.7 Å². The summed E-state index contributed by atoms with van der Waals surface area (Å²) < 4.78 is 19.5. The maximum absolute atomic E-state index is 14.4. The summed E-state index contributed by atoms with van der Waals surface area (Å²) in [7, 11) is 1.47. The number of aryl methyl sites for hydroxylation is 2. The number of nitrogens with one attached hydrogen (secondary N) is 1. The molecule has 2 aliphatic rings. The van der Waals surface area contributed by atoms with Gasteiger partial charge in [0.15, 0.2) is 5.82 Å². The number of carbonyl (C=O) groups is 1. The predicted molar refractivity (Wildman–Crippen MR) is 125 cm³/mol. The molecule has 9 heteroatoms. The van der Waals surface area contributed by atoms with Crippen LogP contribution in [-0.4, -0.2) is 56.5 Å². The van der Waals surface area contributed by atoms with Crippen LogP contribution in [0.1, 0.15) is 42.5 Å². The zero-order valence-corrected chi connectivity index (χ0v) is 19.5. The van der Waals surface area contributed by atoms with Gasteiger partial charge in [-0.25, -0.2) is 24.3 Å². The molecule has 3 aromatic rings. The fourth-order valence-corrected chi connectivity index (χ4v) is 4.95. The number of halogens is 1. The van der Waals surface area contributed by atoms with Gasteiger partial charge in [-0.3, -0.25) is 4.79 Å². The zero-order chi connectivity index (χ0) is 23.9. The van der Waals surface area contributed by atoms with Crippen LogP contribution in [0.15, 0.2) is 36.8 Å². The van der Waals surface area contributed by atoms with E-state index in [0.29, 0.717) is 30.4 Å². The monoisotopic (exact) mass is 462 g/mol. The molecule has 1 saturated heterocycles. The van der Waals surface area contributed by atoms with Crippen molar-refractivity contribution in [3.05, 3.63) is 59.4 Å². The molecule has 0 saturated carbocycles. The van der Waals surface area contributed by atoms with Crippen molar-refractivity contribution in [2.45, 2.75) is 44.6 Å². The highest BCUT2D eigenvalue weighted by Crippen LogP contribution is 2.38. The fraction of sp³-hybridized carbons (Fsp3) is 0.400. The molecule has 0 aromatic carbocycles. The number of ether oxygens (including phenoxy) is 1. The quantitative estimate of drug-likeness (QED) is 0.634. The van der Waals surface area contributed by atoms with E-state index >= 15 is 0 Å². The SMILES string of the molecule is COc1cc([C@@H](C)C(=O)N2CC[C@]3(CCc4cc(-c5ncccn5)c(C)nc4N3)C2)c(F)cn1. The van der Waals surface area contributed by atoms with Crippen molar-refractivity contribution in [2.24, 2.45) is 0 Å². The van der Waals surface area contributed by atoms with E-state index < -0.39 is 11.7 Å². The largest absolute Gasteiger partial charge is 0.481 e. The van der Waals surface area contributed by atoms with Crippen molar-refractivity contribution >= 4 is 11.7 Å². The molecule has 1 N–H and O–H groups in total. The molecular weight excluding hydrogens is 435 g/mol. The Morgan fingerprint density at radius 1 is 1.24 bits per heavy atom. The van der Waals surface area contributed by atoms with Crippen LogP contribution in [0, 0.1) is 12.7 Å². The number of nitrogens with zero attached hydrogens (tertiary/aromatic N) is 5. The molecule has 2 aliphatic heterocycles. The second kappa shape index (κ2) is 8.62. The number of hydrogen-bond donors (Lipinski definition) is 1. The minimum atomic E-state index is -0.628. The molecule has 34 heavy (non-hydrogen) atoms. The maximum Gasteiger partial charge on any atom is 0.230 e. The number of likely N-dealkylation sites (tertiary alicyclic amines) is 1. The van der Waals surface area contributed by atoms with Gasteiger partial charge in [-0.05, 0) is 50.8 Å². The first kappa shape index (κ1) is 22.2. The lowest BCUT2D eigenvalue weighted by atomic mass is 9.86. The molecule has 0 bridgehead atoms. The van der Waals surface area contributed by atoms with E-state index in [9.17, 15) is 9.18 Å². The van der Waals surface area contributed by atoms with Crippen molar-refractivity contribution in [3.8, 4) is 17.3 Å². The van der Waals surface area contributed by atoms with Crippen LogP contribution in [-0.2, 0) is 11.2 Å². The topological polar surface area (TPSA) is 93.1 Å². The highest BCUT2D eigenvalue weighted by molar-refractivity contribution is 5.84. The van der Waals surface area contributed by atoms with E-state index in [2.05, 4.69) is 26.3 Å². The summed E-state index contributed by atoms with van der Waals surface area (Å²) in [4.78, 5) is 32.5. The smallest absolute Gasteiger partial charge is 0.230 e. The Kier molecular flexibility index (Phi) is 5.63. The summed E-state index contributed by atoms with van der Waals surface area (Å²) in [5.74, 6) is 0.589. The van der Waals surface area contributed by atoms with E-state index in [0.717, 1.165) is 48.1 Å². The summed E-state index contributed by atoms with van der Waals surface area (Å²) in [6.45, 7) is 4.86. The van der Waals surface area contributed by atoms with Gasteiger partial charge in [0.2, 0.25) is 11.8 Å². The van der Waals surface area contributed by atoms with Gasteiger partial charge in [-0.1, -0.05) is 0 Å². The van der Waals surface area contributed by atoms with E-state index in [1.165, 1.54) is 13.2 Å². The maximum atomic E-state index is 14.4. The van der Waals surface area contributed by atoms with Gasteiger partial charge < -0.3 is 15.0 Å². The van der Waals surface area contributed by atoms with Gasteiger partial charge in [-0.2, -0.15) is 0 Å². The molecule has 2 atom stereocenters. The lowest BCUT2D eigenvalue weighted by molar-refractivity contribution is -0.131. The highest BCUT2D eigenvalue weighted by Gasteiger charge is 2.43. The number of aromatic nitrogens is 4. The van der Waals surface area contributed by atoms with Crippen LogP contribution in [0.3, 0.4) is 0 Å². The van der Waals surface area contributed by atoms with Crippen LogP contribution in [0.4, 0.5) is 10.2 Å². The second-order valence-corrected chi connectivity index (χ2v) is 9.09. The molecular formula is C25H27FN6O2. The second-order valence-electron chi connectivity index (χ2n) is 9.09. The zero-order valence-electron chi connectivity index (χ0n) is 19.5. The fourth-order valence-electron chi connectivity index (χ4n) is 4.95. The first-order chi connectivity index (χ1) is 16.4. The Bertz CT molecular complexity index is 1240. The molecule has 176 valence electrons. The molecule has 5 heterocycles. The summed E-state index contributed by atoms with van der Waals surface area (Å²) in [6.07, 6.45) is 7.11.